The Hall–Kier alpha value is -2.17. The van der Waals surface area contributed by atoms with Gasteiger partial charge >= 0.3 is 0 Å². The molecule has 92 valence electrons. The van der Waals surface area contributed by atoms with Crippen molar-refractivity contribution >= 4 is 21.9 Å². The van der Waals surface area contributed by atoms with Gasteiger partial charge in [-0.1, -0.05) is 6.92 Å². The van der Waals surface area contributed by atoms with Crippen molar-refractivity contribution in [3.8, 4) is 0 Å². The van der Waals surface area contributed by atoms with Crippen LogP contribution in [-0.2, 0) is 13.6 Å². The van der Waals surface area contributed by atoms with E-state index in [1.807, 2.05) is 19.2 Å². The summed E-state index contributed by atoms with van der Waals surface area (Å²) in [6.45, 7) is 2.73. The number of rotatable bonds is 2. The van der Waals surface area contributed by atoms with Crippen LogP contribution in [0.1, 0.15) is 13.3 Å². The number of fused-ring (bicyclic) bond motifs is 3. The third-order valence-corrected chi connectivity index (χ3v) is 3.05. The lowest BCUT2D eigenvalue weighted by Gasteiger charge is -2.08. The smallest absolute Gasteiger partial charge is 0.263 e. The van der Waals surface area contributed by atoms with Gasteiger partial charge < -0.3 is 0 Å². The molecular formula is C13H14N4O. The Kier molecular flexibility index (Phi) is 2.40. The van der Waals surface area contributed by atoms with Crippen LogP contribution >= 0.6 is 0 Å². The number of hydrogen-bond donors (Lipinski definition) is 0. The lowest BCUT2D eigenvalue weighted by Crippen LogP contribution is -2.21. The SMILES string of the molecule is CCCn1c(=O)c2cn(C)nc2c2cccnc21. The van der Waals surface area contributed by atoms with Gasteiger partial charge in [0.15, 0.2) is 0 Å². The van der Waals surface area contributed by atoms with Crippen molar-refractivity contribution in [2.45, 2.75) is 19.9 Å². The maximum Gasteiger partial charge on any atom is 0.263 e. The summed E-state index contributed by atoms with van der Waals surface area (Å²) in [4.78, 5) is 16.7. The largest absolute Gasteiger partial charge is 0.292 e. The summed E-state index contributed by atoms with van der Waals surface area (Å²) in [5.74, 6) is 0. The van der Waals surface area contributed by atoms with E-state index < -0.39 is 0 Å². The van der Waals surface area contributed by atoms with Crippen LogP contribution in [0.15, 0.2) is 29.3 Å². The molecule has 18 heavy (non-hydrogen) atoms. The van der Waals surface area contributed by atoms with Gasteiger partial charge in [-0.25, -0.2) is 4.98 Å². The maximum absolute atomic E-state index is 12.4. The van der Waals surface area contributed by atoms with Crippen molar-refractivity contribution < 1.29 is 0 Å². The van der Waals surface area contributed by atoms with Gasteiger partial charge in [-0.3, -0.25) is 14.0 Å². The first-order valence-electron chi connectivity index (χ1n) is 6.03. The molecule has 5 nitrogen and oxygen atoms in total. The first kappa shape index (κ1) is 11.0. The van der Waals surface area contributed by atoms with Crippen molar-refractivity contribution in [3.63, 3.8) is 0 Å². The highest BCUT2D eigenvalue weighted by Gasteiger charge is 2.13. The number of aryl methyl sites for hydroxylation is 2. The van der Waals surface area contributed by atoms with Crippen LogP contribution in [0.3, 0.4) is 0 Å². The average molecular weight is 242 g/mol. The molecule has 0 amide bonds. The summed E-state index contributed by atoms with van der Waals surface area (Å²) in [5, 5.41) is 5.96. The molecule has 0 bridgehead atoms. The summed E-state index contributed by atoms with van der Waals surface area (Å²) >= 11 is 0. The molecule has 3 aromatic heterocycles. The highest BCUT2D eigenvalue weighted by molar-refractivity contribution is 6.01. The molecule has 0 aliphatic carbocycles. The molecule has 3 rings (SSSR count). The second-order valence-corrected chi connectivity index (χ2v) is 4.40. The molecule has 0 fully saturated rings. The van der Waals surface area contributed by atoms with E-state index in [4.69, 9.17) is 0 Å². The van der Waals surface area contributed by atoms with Crippen LogP contribution in [0.5, 0.6) is 0 Å². The predicted molar refractivity (Wildman–Crippen MR) is 70.6 cm³/mol. The second-order valence-electron chi connectivity index (χ2n) is 4.40. The quantitative estimate of drug-likeness (QED) is 0.687. The molecule has 5 heteroatoms. The van der Waals surface area contributed by atoms with Gasteiger partial charge in [-0.05, 0) is 18.6 Å². The highest BCUT2D eigenvalue weighted by Crippen LogP contribution is 2.19. The van der Waals surface area contributed by atoms with Crippen LogP contribution in [0, 0.1) is 0 Å². The first-order valence-corrected chi connectivity index (χ1v) is 6.03. The second kappa shape index (κ2) is 3.94. The third-order valence-electron chi connectivity index (χ3n) is 3.05. The van der Waals surface area contributed by atoms with E-state index in [1.54, 1.807) is 21.6 Å². The highest BCUT2D eigenvalue weighted by atomic mass is 16.1. The fraction of sp³-hybridized carbons (Fsp3) is 0.308. The number of hydrogen-bond acceptors (Lipinski definition) is 3. The van der Waals surface area contributed by atoms with Crippen molar-refractivity contribution in [1.29, 1.82) is 0 Å². The predicted octanol–water partition coefficient (Wildman–Crippen LogP) is 1.69. The molecule has 0 aromatic carbocycles. The molecule has 0 aliphatic rings. The fourth-order valence-corrected chi connectivity index (χ4v) is 2.31. The molecule has 3 aromatic rings. The summed E-state index contributed by atoms with van der Waals surface area (Å²) in [7, 11) is 1.83. The standard InChI is InChI=1S/C13H14N4O/c1-3-7-17-12-9(5-4-6-14-12)11-10(13(17)18)8-16(2)15-11/h4-6,8H,3,7H2,1-2H3. The average Bonchev–Trinajstić information content (AvgIpc) is 2.77. The molecule has 0 saturated heterocycles. The van der Waals surface area contributed by atoms with Crippen LogP contribution in [-0.4, -0.2) is 19.3 Å². The van der Waals surface area contributed by atoms with Gasteiger partial charge in [0.1, 0.15) is 11.2 Å². The van der Waals surface area contributed by atoms with Crippen molar-refractivity contribution in [2.75, 3.05) is 0 Å². The molecule has 3 heterocycles. The zero-order valence-corrected chi connectivity index (χ0v) is 10.4. The van der Waals surface area contributed by atoms with Gasteiger partial charge in [0.05, 0.1) is 5.39 Å². The molecule has 0 aliphatic heterocycles. The maximum atomic E-state index is 12.4. The Bertz CT molecular complexity index is 785. The molecule has 0 N–H and O–H groups in total. The minimum atomic E-state index is -0.00819. The zero-order chi connectivity index (χ0) is 12.7. The van der Waals surface area contributed by atoms with E-state index in [-0.39, 0.29) is 5.56 Å². The Morgan fingerprint density at radius 3 is 2.94 bits per heavy atom. The fourth-order valence-electron chi connectivity index (χ4n) is 2.31. The molecule has 0 saturated carbocycles. The van der Waals surface area contributed by atoms with Gasteiger partial charge in [0.25, 0.3) is 5.56 Å². The lowest BCUT2D eigenvalue weighted by molar-refractivity contribution is 0.676. The first-order chi connectivity index (χ1) is 8.72. The van der Waals surface area contributed by atoms with Crippen molar-refractivity contribution in [1.82, 2.24) is 19.3 Å². The van der Waals surface area contributed by atoms with E-state index in [0.717, 1.165) is 23.0 Å². The molecule has 0 atom stereocenters. The van der Waals surface area contributed by atoms with E-state index in [0.29, 0.717) is 11.9 Å². The van der Waals surface area contributed by atoms with Gasteiger partial charge in [0, 0.05) is 31.4 Å². The number of nitrogens with zero attached hydrogens (tertiary/aromatic N) is 4. The van der Waals surface area contributed by atoms with E-state index in [2.05, 4.69) is 17.0 Å². The lowest BCUT2D eigenvalue weighted by atomic mass is 10.2. The van der Waals surface area contributed by atoms with Gasteiger partial charge in [-0.2, -0.15) is 5.10 Å². The minimum Gasteiger partial charge on any atom is -0.292 e. The van der Waals surface area contributed by atoms with Crippen LogP contribution in [0.4, 0.5) is 0 Å². The van der Waals surface area contributed by atoms with Crippen LogP contribution < -0.4 is 5.56 Å². The topological polar surface area (TPSA) is 52.7 Å². The third kappa shape index (κ3) is 1.44. The van der Waals surface area contributed by atoms with Crippen molar-refractivity contribution in [3.05, 3.63) is 34.9 Å². The summed E-state index contributed by atoms with van der Waals surface area (Å²) in [6, 6.07) is 3.83. The number of aromatic nitrogens is 4. The van der Waals surface area contributed by atoms with Crippen LogP contribution in [0.2, 0.25) is 0 Å². The minimum absolute atomic E-state index is 0.00819. The van der Waals surface area contributed by atoms with Crippen molar-refractivity contribution in [2.24, 2.45) is 7.05 Å². The van der Waals surface area contributed by atoms with Gasteiger partial charge in [-0.15, -0.1) is 0 Å². The zero-order valence-electron chi connectivity index (χ0n) is 10.4. The number of pyridine rings is 2. The Morgan fingerprint density at radius 2 is 2.17 bits per heavy atom. The van der Waals surface area contributed by atoms with E-state index >= 15 is 0 Å². The normalized spacial score (nSPS) is 11.4. The van der Waals surface area contributed by atoms with E-state index in [9.17, 15) is 4.79 Å². The molecule has 0 spiro atoms. The molecule has 0 unspecified atom stereocenters. The van der Waals surface area contributed by atoms with Crippen LogP contribution in [0.25, 0.3) is 21.9 Å². The van der Waals surface area contributed by atoms with Gasteiger partial charge in [0.2, 0.25) is 0 Å². The summed E-state index contributed by atoms with van der Waals surface area (Å²) < 4.78 is 3.41. The molecular weight excluding hydrogens is 228 g/mol. The molecule has 0 radical (unpaired) electrons. The summed E-state index contributed by atoms with van der Waals surface area (Å²) in [5.41, 5.74) is 1.44. The Morgan fingerprint density at radius 1 is 1.33 bits per heavy atom. The summed E-state index contributed by atoms with van der Waals surface area (Å²) in [6.07, 6.45) is 4.39. The Balaban J connectivity index is 2.57. The Labute approximate surface area is 104 Å². The van der Waals surface area contributed by atoms with E-state index in [1.165, 1.54) is 0 Å². The monoisotopic (exact) mass is 242 g/mol.